The van der Waals surface area contributed by atoms with Crippen LogP contribution in [0.2, 0.25) is 0 Å². The van der Waals surface area contributed by atoms with E-state index in [-0.39, 0.29) is 59.1 Å². The second-order valence-corrected chi connectivity index (χ2v) is 9.53. The van der Waals surface area contributed by atoms with Crippen molar-refractivity contribution in [3.63, 3.8) is 0 Å². The molecule has 184 valence electrons. The van der Waals surface area contributed by atoms with E-state index in [0.29, 0.717) is 10.9 Å². The molecule has 0 saturated carbocycles. The van der Waals surface area contributed by atoms with E-state index in [0.717, 1.165) is 12.1 Å². The maximum absolute atomic E-state index is 14.7. The van der Waals surface area contributed by atoms with Crippen LogP contribution in [0.4, 0.5) is 26.1 Å². The fraction of sp³-hybridized carbons (Fsp3) is 0.227. The smallest absolute Gasteiger partial charge is 0.232 e. The van der Waals surface area contributed by atoms with Crippen molar-refractivity contribution in [2.45, 2.75) is 20.4 Å². The molecular weight excluding hydrogens is 480 g/mol. The highest BCUT2D eigenvalue weighted by Crippen LogP contribution is 2.32. The molecule has 2 aromatic heterocycles. The number of ether oxygens (including phenoxy) is 1. The Balaban J connectivity index is 1.79. The van der Waals surface area contributed by atoms with Gasteiger partial charge in [-0.25, -0.2) is 27.2 Å². The Morgan fingerprint density at radius 1 is 1.06 bits per heavy atom. The minimum atomic E-state index is -3.66. The van der Waals surface area contributed by atoms with Crippen LogP contribution >= 0.6 is 0 Å². The quantitative estimate of drug-likeness (QED) is 0.332. The predicted molar refractivity (Wildman–Crippen MR) is 129 cm³/mol. The summed E-state index contributed by atoms with van der Waals surface area (Å²) < 4.78 is 62.1. The minimum absolute atomic E-state index is 0.0297. The highest BCUT2D eigenvalue weighted by atomic mass is 32.2. The van der Waals surface area contributed by atoms with Crippen molar-refractivity contribution in [3.8, 4) is 17.3 Å². The molecule has 0 aliphatic rings. The van der Waals surface area contributed by atoms with E-state index in [2.05, 4.69) is 19.8 Å². The maximum atomic E-state index is 14.7. The van der Waals surface area contributed by atoms with Crippen LogP contribution in [0.25, 0.3) is 22.4 Å². The molecule has 0 fully saturated rings. The van der Waals surface area contributed by atoms with Crippen LogP contribution in [-0.2, 0) is 16.6 Å². The van der Waals surface area contributed by atoms with Gasteiger partial charge in [0.2, 0.25) is 10.0 Å². The molecule has 0 bridgehead atoms. The zero-order valence-electron chi connectivity index (χ0n) is 18.9. The average Bonchev–Trinajstić information content (AvgIpc) is 3.17. The molecule has 0 aliphatic carbocycles. The first kappa shape index (κ1) is 24.1. The number of hydrogen-bond acceptors (Lipinski definition) is 8. The van der Waals surface area contributed by atoms with E-state index in [1.165, 1.54) is 11.6 Å². The Hall–Kier alpha value is -4.00. The lowest BCUT2D eigenvalue weighted by molar-refractivity contribution is 0.335. The van der Waals surface area contributed by atoms with Crippen LogP contribution in [0, 0.1) is 11.6 Å². The Bertz CT molecular complexity index is 1480. The Morgan fingerprint density at radius 3 is 2.29 bits per heavy atom. The van der Waals surface area contributed by atoms with Crippen molar-refractivity contribution >= 4 is 38.2 Å². The number of nitrogen functional groups attached to an aromatic ring is 2. The van der Waals surface area contributed by atoms with Crippen molar-refractivity contribution in [1.29, 1.82) is 0 Å². The summed E-state index contributed by atoms with van der Waals surface area (Å²) in [4.78, 5) is 8.36. The van der Waals surface area contributed by atoms with Crippen LogP contribution < -0.4 is 20.9 Å². The topological polar surface area (TPSA) is 151 Å². The summed E-state index contributed by atoms with van der Waals surface area (Å²) in [6.45, 7) is 3.23. The molecule has 0 radical (unpaired) electrons. The number of nitrogens with two attached hydrogens (primary N) is 2. The molecule has 10 nitrogen and oxygen atoms in total. The summed E-state index contributed by atoms with van der Waals surface area (Å²) in [5.41, 5.74) is 12.4. The van der Waals surface area contributed by atoms with Gasteiger partial charge in [-0.1, -0.05) is 18.2 Å². The van der Waals surface area contributed by atoms with Crippen molar-refractivity contribution in [2.24, 2.45) is 0 Å². The molecule has 13 heteroatoms. The number of aromatic nitrogens is 4. The van der Waals surface area contributed by atoms with Crippen LogP contribution in [0.15, 0.2) is 36.4 Å². The van der Waals surface area contributed by atoms with Gasteiger partial charge in [-0.2, -0.15) is 5.10 Å². The predicted octanol–water partition coefficient (Wildman–Crippen LogP) is 3.14. The fourth-order valence-electron chi connectivity index (χ4n) is 3.48. The van der Waals surface area contributed by atoms with Gasteiger partial charge in [0, 0.05) is 23.1 Å². The van der Waals surface area contributed by atoms with Gasteiger partial charge in [0.05, 0.1) is 24.4 Å². The van der Waals surface area contributed by atoms with Crippen LogP contribution in [0.3, 0.4) is 0 Å². The molecule has 0 saturated heterocycles. The molecule has 5 N–H and O–H groups in total. The molecule has 4 rings (SSSR count). The van der Waals surface area contributed by atoms with Crippen LogP contribution in [0.5, 0.6) is 5.75 Å². The number of hydrogen-bond donors (Lipinski definition) is 3. The SMILES string of the molecule is CCOc1cc(F)c(Cn2nc(-c3nc(N)c(NS(=O)(=O)CC)c(N)n3)c3ccccc32)c(F)c1. The Kier molecular flexibility index (Phi) is 6.43. The monoisotopic (exact) mass is 503 g/mol. The third-order valence-corrected chi connectivity index (χ3v) is 6.48. The normalized spacial score (nSPS) is 11.7. The van der Waals surface area contributed by atoms with E-state index in [9.17, 15) is 17.2 Å². The number of anilines is 3. The lowest BCUT2D eigenvalue weighted by atomic mass is 10.1. The van der Waals surface area contributed by atoms with Gasteiger partial charge < -0.3 is 16.2 Å². The third-order valence-electron chi connectivity index (χ3n) is 5.21. The van der Waals surface area contributed by atoms with Crippen LogP contribution in [0.1, 0.15) is 19.4 Å². The number of nitrogens with zero attached hydrogens (tertiary/aromatic N) is 4. The van der Waals surface area contributed by atoms with Gasteiger partial charge in [-0.05, 0) is 19.9 Å². The van der Waals surface area contributed by atoms with E-state index in [4.69, 9.17) is 16.2 Å². The van der Waals surface area contributed by atoms with E-state index in [1.54, 1.807) is 31.2 Å². The number of fused-ring (bicyclic) bond motifs is 1. The molecule has 0 spiro atoms. The summed E-state index contributed by atoms with van der Waals surface area (Å²) in [6, 6.07) is 9.22. The Morgan fingerprint density at radius 2 is 1.69 bits per heavy atom. The fourth-order valence-corrected chi connectivity index (χ4v) is 4.14. The van der Waals surface area contributed by atoms with Gasteiger partial charge in [0.1, 0.15) is 28.8 Å². The van der Waals surface area contributed by atoms with Crippen LogP contribution in [-0.4, -0.2) is 40.5 Å². The van der Waals surface area contributed by atoms with Crippen molar-refractivity contribution in [3.05, 3.63) is 53.6 Å². The van der Waals surface area contributed by atoms with Crippen molar-refractivity contribution < 1.29 is 21.9 Å². The molecule has 0 atom stereocenters. The lowest BCUT2D eigenvalue weighted by Crippen LogP contribution is -2.18. The highest BCUT2D eigenvalue weighted by molar-refractivity contribution is 7.92. The molecule has 2 heterocycles. The van der Waals surface area contributed by atoms with E-state index < -0.39 is 21.7 Å². The van der Waals surface area contributed by atoms with Gasteiger partial charge in [-0.15, -0.1) is 0 Å². The largest absolute Gasteiger partial charge is 0.494 e. The summed E-state index contributed by atoms with van der Waals surface area (Å²) in [5, 5.41) is 5.06. The van der Waals surface area contributed by atoms with Crippen molar-refractivity contribution in [2.75, 3.05) is 28.5 Å². The first-order chi connectivity index (χ1) is 16.6. The summed E-state index contributed by atoms with van der Waals surface area (Å²) >= 11 is 0. The molecule has 0 unspecified atom stereocenters. The molecule has 0 amide bonds. The number of sulfonamides is 1. The molecule has 2 aromatic carbocycles. The standard InChI is InChI=1S/C22H23F2N7O3S/c1-3-34-12-9-15(23)14(16(24)10-12)11-31-17-8-6-5-7-13(17)18(29-31)22-27-20(25)19(21(26)28-22)30-35(32,33)4-2/h5-10,30H,3-4,11H2,1-2H3,(H4,25,26,27,28). The number of nitrogens with one attached hydrogen (secondary N) is 1. The van der Waals surface area contributed by atoms with E-state index >= 15 is 0 Å². The molecular formula is C22H23F2N7O3S. The highest BCUT2D eigenvalue weighted by Gasteiger charge is 2.21. The molecule has 35 heavy (non-hydrogen) atoms. The average molecular weight is 504 g/mol. The number of para-hydroxylation sites is 1. The zero-order chi connectivity index (χ0) is 25.3. The summed E-state index contributed by atoms with van der Waals surface area (Å²) in [6.07, 6.45) is 0. The second kappa shape index (κ2) is 9.33. The second-order valence-electron chi connectivity index (χ2n) is 7.52. The van der Waals surface area contributed by atoms with Gasteiger partial charge in [-0.3, -0.25) is 9.40 Å². The minimum Gasteiger partial charge on any atom is -0.494 e. The van der Waals surface area contributed by atoms with Gasteiger partial charge >= 0.3 is 0 Å². The lowest BCUT2D eigenvalue weighted by Gasteiger charge is -2.11. The first-order valence-electron chi connectivity index (χ1n) is 10.6. The first-order valence-corrected chi connectivity index (χ1v) is 12.3. The number of rotatable bonds is 8. The zero-order valence-corrected chi connectivity index (χ0v) is 19.7. The Labute approximate surface area is 200 Å². The number of benzene rings is 2. The van der Waals surface area contributed by atoms with Gasteiger partial charge in [0.15, 0.2) is 17.5 Å². The summed E-state index contributed by atoms with van der Waals surface area (Å²) in [5.74, 6) is -1.99. The van der Waals surface area contributed by atoms with Crippen molar-refractivity contribution in [1.82, 2.24) is 19.7 Å². The molecule has 0 aliphatic heterocycles. The number of halogens is 2. The summed E-state index contributed by atoms with van der Waals surface area (Å²) in [7, 11) is -3.66. The molecule has 4 aromatic rings. The third kappa shape index (κ3) is 4.80. The maximum Gasteiger partial charge on any atom is 0.232 e. The van der Waals surface area contributed by atoms with Gasteiger partial charge in [0.25, 0.3) is 0 Å². The van der Waals surface area contributed by atoms with E-state index in [1.807, 2.05) is 0 Å².